The molecule has 7 heteroatoms. The summed E-state index contributed by atoms with van der Waals surface area (Å²) in [5.41, 5.74) is 7.44. The van der Waals surface area contributed by atoms with Crippen LogP contribution >= 0.6 is 24.0 Å². The molecule has 2 aromatic carbocycles. The second-order valence-electron chi connectivity index (χ2n) is 6.11. The van der Waals surface area contributed by atoms with Crippen molar-refractivity contribution < 1.29 is 9.53 Å². The molecule has 0 bridgehead atoms. The molecule has 4 N–H and O–H groups in total. The molecule has 0 aliphatic rings. The lowest BCUT2D eigenvalue weighted by atomic mass is 10.1. The van der Waals surface area contributed by atoms with E-state index < -0.39 is 5.91 Å². The van der Waals surface area contributed by atoms with Crippen LogP contribution in [0.3, 0.4) is 0 Å². The van der Waals surface area contributed by atoms with E-state index in [9.17, 15) is 4.79 Å². The van der Waals surface area contributed by atoms with Crippen molar-refractivity contribution in [2.75, 3.05) is 19.7 Å². The smallest absolute Gasteiger partial charge is 0.255 e. The van der Waals surface area contributed by atoms with Crippen molar-refractivity contribution in [1.82, 2.24) is 10.6 Å². The molecule has 28 heavy (non-hydrogen) atoms. The molecule has 0 saturated carbocycles. The van der Waals surface area contributed by atoms with Crippen LogP contribution in [0.2, 0.25) is 0 Å². The van der Waals surface area contributed by atoms with E-state index >= 15 is 0 Å². The van der Waals surface area contributed by atoms with Crippen molar-refractivity contribution in [3.05, 3.63) is 65.7 Å². The summed E-state index contributed by atoms with van der Waals surface area (Å²) in [6.07, 6.45) is 2.07. The van der Waals surface area contributed by atoms with Gasteiger partial charge in [-0.15, -0.1) is 24.0 Å². The Balaban J connectivity index is 0.00000392. The minimum Gasteiger partial charge on any atom is -0.484 e. The van der Waals surface area contributed by atoms with Crippen LogP contribution in [0.4, 0.5) is 0 Å². The Labute approximate surface area is 184 Å². The Hall–Kier alpha value is -2.29. The van der Waals surface area contributed by atoms with Gasteiger partial charge >= 0.3 is 0 Å². The number of ether oxygens (including phenoxy) is 1. The number of primary amides is 1. The molecule has 2 rings (SSSR count). The minimum absolute atomic E-state index is 0. The first-order valence-corrected chi connectivity index (χ1v) is 9.23. The molecule has 0 aromatic heterocycles. The molecule has 0 spiro atoms. The molecular formula is C21H29IN4O2. The van der Waals surface area contributed by atoms with Gasteiger partial charge in [-0.25, -0.2) is 4.99 Å². The maximum atomic E-state index is 10.8. The van der Waals surface area contributed by atoms with E-state index in [0.717, 1.165) is 37.5 Å². The highest BCUT2D eigenvalue weighted by molar-refractivity contribution is 14.0. The third-order valence-electron chi connectivity index (χ3n) is 3.82. The Morgan fingerprint density at radius 3 is 2.54 bits per heavy atom. The van der Waals surface area contributed by atoms with E-state index in [1.54, 1.807) is 6.07 Å². The van der Waals surface area contributed by atoms with Crippen LogP contribution in [0.5, 0.6) is 5.75 Å². The summed E-state index contributed by atoms with van der Waals surface area (Å²) in [5, 5.41) is 6.62. The first-order chi connectivity index (χ1) is 13.2. The van der Waals surface area contributed by atoms with Crippen LogP contribution in [0.15, 0.2) is 59.6 Å². The van der Waals surface area contributed by atoms with E-state index in [4.69, 9.17) is 10.5 Å². The lowest BCUT2D eigenvalue weighted by molar-refractivity contribution is -0.119. The number of carbonyl (C=O) groups excluding carboxylic acids is 1. The molecule has 152 valence electrons. The number of nitrogens with two attached hydrogens (primary N) is 1. The fourth-order valence-corrected chi connectivity index (χ4v) is 2.54. The van der Waals surface area contributed by atoms with Crippen LogP contribution in [-0.4, -0.2) is 31.6 Å². The number of hydrogen-bond acceptors (Lipinski definition) is 3. The van der Waals surface area contributed by atoms with Gasteiger partial charge in [-0.1, -0.05) is 42.5 Å². The average Bonchev–Trinajstić information content (AvgIpc) is 2.69. The van der Waals surface area contributed by atoms with Gasteiger partial charge in [0.25, 0.3) is 5.91 Å². The first-order valence-electron chi connectivity index (χ1n) is 9.23. The average molecular weight is 496 g/mol. The van der Waals surface area contributed by atoms with E-state index in [-0.39, 0.29) is 30.6 Å². The van der Waals surface area contributed by atoms with Crippen molar-refractivity contribution in [2.24, 2.45) is 10.7 Å². The van der Waals surface area contributed by atoms with E-state index in [1.165, 1.54) is 5.56 Å². The number of amides is 1. The molecule has 2 aromatic rings. The van der Waals surface area contributed by atoms with Crippen molar-refractivity contribution >= 4 is 35.8 Å². The first kappa shape index (κ1) is 23.7. The van der Waals surface area contributed by atoms with Gasteiger partial charge in [0.1, 0.15) is 5.75 Å². The molecule has 0 atom stereocenters. The van der Waals surface area contributed by atoms with Crippen LogP contribution < -0.4 is 21.1 Å². The molecule has 0 radical (unpaired) electrons. The largest absolute Gasteiger partial charge is 0.484 e. The van der Waals surface area contributed by atoms with Crippen LogP contribution in [-0.2, 0) is 17.8 Å². The van der Waals surface area contributed by atoms with Gasteiger partial charge in [0.15, 0.2) is 12.6 Å². The zero-order valence-corrected chi connectivity index (χ0v) is 18.5. The summed E-state index contributed by atoms with van der Waals surface area (Å²) in [4.78, 5) is 15.4. The maximum Gasteiger partial charge on any atom is 0.255 e. The third kappa shape index (κ3) is 9.59. The highest BCUT2D eigenvalue weighted by Gasteiger charge is 2.01. The summed E-state index contributed by atoms with van der Waals surface area (Å²) >= 11 is 0. The Bertz CT molecular complexity index is 738. The second kappa shape index (κ2) is 13.8. The Kier molecular flexibility index (Phi) is 11.7. The predicted molar refractivity (Wildman–Crippen MR) is 124 cm³/mol. The number of carbonyl (C=O) groups is 1. The lowest BCUT2D eigenvalue weighted by Crippen LogP contribution is -2.37. The van der Waals surface area contributed by atoms with Crippen LogP contribution in [0.25, 0.3) is 0 Å². The quantitative estimate of drug-likeness (QED) is 0.204. The normalized spacial score (nSPS) is 10.7. The fourth-order valence-electron chi connectivity index (χ4n) is 2.54. The van der Waals surface area contributed by atoms with Gasteiger partial charge in [-0.3, -0.25) is 4.79 Å². The summed E-state index contributed by atoms with van der Waals surface area (Å²) < 4.78 is 5.33. The molecule has 0 unspecified atom stereocenters. The van der Waals surface area contributed by atoms with Gasteiger partial charge in [-0.05, 0) is 43.0 Å². The molecule has 0 aliphatic heterocycles. The highest BCUT2D eigenvalue weighted by atomic mass is 127. The van der Waals surface area contributed by atoms with Crippen molar-refractivity contribution in [1.29, 1.82) is 0 Å². The molecule has 0 aliphatic carbocycles. The number of benzene rings is 2. The number of nitrogens with zero attached hydrogens (tertiary/aromatic N) is 1. The number of hydrogen-bond donors (Lipinski definition) is 3. The number of halogens is 1. The standard InChI is InChI=1S/C21H28N4O2.HI/c1-2-23-21(24-13-7-11-17-8-4-3-5-9-17)25-15-18-10-6-12-19(14-18)27-16-20(22)26;/h3-6,8-10,12,14H,2,7,11,13,15-16H2,1H3,(H2,22,26)(H2,23,24,25);1H. The van der Waals surface area contributed by atoms with E-state index in [2.05, 4.69) is 39.9 Å². The number of rotatable bonds is 10. The van der Waals surface area contributed by atoms with Crippen molar-refractivity contribution in [3.8, 4) is 5.75 Å². The minimum atomic E-state index is -0.493. The van der Waals surface area contributed by atoms with E-state index in [0.29, 0.717) is 12.3 Å². The maximum absolute atomic E-state index is 10.8. The van der Waals surface area contributed by atoms with Crippen LogP contribution in [0, 0.1) is 0 Å². The van der Waals surface area contributed by atoms with Crippen molar-refractivity contribution in [2.45, 2.75) is 26.3 Å². The van der Waals surface area contributed by atoms with Crippen LogP contribution in [0.1, 0.15) is 24.5 Å². The number of nitrogens with one attached hydrogen (secondary N) is 2. The number of aliphatic imine (C=N–C) groups is 1. The topological polar surface area (TPSA) is 88.7 Å². The summed E-state index contributed by atoms with van der Waals surface area (Å²) in [5.74, 6) is 0.906. The highest BCUT2D eigenvalue weighted by Crippen LogP contribution is 2.14. The zero-order valence-electron chi connectivity index (χ0n) is 16.2. The number of aryl methyl sites for hydroxylation is 1. The molecule has 0 saturated heterocycles. The van der Waals surface area contributed by atoms with Crippen molar-refractivity contribution in [3.63, 3.8) is 0 Å². The van der Waals surface area contributed by atoms with E-state index in [1.807, 2.05) is 31.2 Å². The van der Waals surface area contributed by atoms with Gasteiger partial charge < -0.3 is 21.1 Å². The summed E-state index contributed by atoms with van der Waals surface area (Å²) in [6.45, 7) is 4.08. The van der Waals surface area contributed by atoms with Gasteiger partial charge in [0, 0.05) is 13.1 Å². The van der Waals surface area contributed by atoms with Gasteiger partial charge in [0.2, 0.25) is 0 Å². The fraction of sp³-hybridized carbons (Fsp3) is 0.333. The molecule has 0 heterocycles. The number of guanidine groups is 1. The third-order valence-corrected chi connectivity index (χ3v) is 3.82. The Morgan fingerprint density at radius 2 is 1.82 bits per heavy atom. The Morgan fingerprint density at radius 1 is 1.07 bits per heavy atom. The monoisotopic (exact) mass is 496 g/mol. The summed E-state index contributed by atoms with van der Waals surface area (Å²) in [6, 6.07) is 18.0. The zero-order chi connectivity index (χ0) is 19.3. The lowest BCUT2D eigenvalue weighted by Gasteiger charge is -2.11. The molecule has 0 fully saturated rings. The second-order valence-corrected chi connectivity index (χ2v) is 6.11. The predicted octanol–water partition coefficient (Wildman–Crippen LogP) is 2.86. The van der Waals surface area contributed by atoms with Gasteiger partial charge in [0.05, 0.1) is 6.54 Å². The molecule has 6 nitrogen and oxygen atoms in total. The summed E-state index contributed by atoms with van der Waals surface area (Å²) in [7, 11) is 0. The SMILES string of the molecule is CCNC(=NCc1cccc(OCC(N)=O)c1)NCCCc1ccccc1.I. The van der Waals surface area contributed by atoms with Gasteiger partial charge in [-0.2, -0.15) is 0 Å². The molecular weight excluding hydrogens is 467 g/mol. The molecule has 1 amide bonds.